The maximum absolute atomic E-state index is 10.1. The van der Waals surface area contributed by atoms with E-state index in [0.29, 0.717) is 18.7 Å². The molecule has 1 aromatic carbocycles. The first kappa shape index (κ1) is 13.5. The summed E-state index contributed by atoms with van der Waals surface area (Å²) >= 11 is 0. The first-order valence-electron chi connectivity index (χ1n) is 6.88. The van der Waals surface area contributed by atoms with Gasteiger partial charge in [-0.1, -0.05) is 30.3 Å². The van der Waals surface area contributed by atoms with E-state index in [-0.39, 0.29) is 0 Å². The largest absolute Gasteiger partial charge is 0.388 e. The van der Waals surface area contributed by atoms with Gasteiger partial charge in [-0.25, -0.2) is 4.98 Å². The molecule has 2 heterocycles. The van der Waals surface area contributed by atoms with Gasteiger partial charge in [-0.2, -0.15) is 14.6 Å². The van der Waals surface area contributed by atoms with E-state index in [4.69, 9.17) is 0 Å². The Balaban J connectivity index is 1.66. The van der Waals surface area contributed by atoms with Gasteiger partial charge < -0.3 is 10.4 Å². The normalized spacial score (nSPS) is 12.5. The topological polar surface area (TPSA) is 75.3 Å². The smallest absolute Gasteiger partial charge is 0.254 e. The van der Waals surface area contributed by atoms with E-state index >= 15 is 0 Å². The lowest BCUT2D eigenvalue weighted by Crippen LogP contribution is -2.11. The molecule has 0 bridgehead atoms. The Morgan fingerprint density at radius 3 is 2.90 bits per heavy atom. The molecular formula is C15H17N5O. The van der Waals surface area contributed by atoms with Crippen molar-refractivity contribution in [2.45, 2.75) is 19.4 Å². The van der Waals surface area contributed by atoms with E-state index in [1.54, 1.807) is 4.52 Å². The van der Waals surface area contributed by atoms with Crippen LogP contribution >= 0.6 is 0 Å². The fourth-order valence-electron chi connectivity index (χ4n) is 2.24. The van der Waals surface area contributed by atoms with Crippen molar-refractivity contribution >= 4 is 11.6 Å². The molecule has 6 heteroatoms. The number of rotatable bonds is 5. The second-order valence-electron chi connectivity index (χ2n) is 4.90. The van der Waals surface area contributed by atoms with Crippen molar-refractivity contribution in [2.75, 3.05) is 11.9 Å². The van der Waals surface area contributed by atoms with E-state index in [1.165, 1.54) is 6.33 Å². The third-order valence-corrected chi connectivity index (χ3v) is 3.29. The van der Waals surface area contributed by atoms with Gasteiger partial charge in [0.2, 0.25) is 0 Å². The fourth-order valence-corrected chi connectivity index (χ4v) is 2.24. The van der Waals surface area contributed by atoms with Crippen LogP contribution in [0.1, 0.15) is 23.8 Å². The van der Waals surface area contributed by atoms with E-state index in [1.807, 2.05) is 43.3 Å². The molecule has 3 rings (SSSR count). The Morgan fingerprint density at radius 1 is 1.29 bits per heavy atom. The summed E-state index contributed by atoms with van der Waals surface area (Å²) in [5, 5.41) is 17.5. The number of fused-ring (bicyclic) bond motifs is 1. The molecule has 0 radical (unpaired) electrons. The van der Waals surface area contributed by atoms with Crippen molar-refractivity contribution < 1.29 is 5.11 Å². The second-order valence-corrected chi connectivity index (χ2v) is 4.90. The minimum atomic E-state index is -0.479. The van der Waals surface area contributed by atoms with Gasteiger partial charge in [0.05, 0.1) is 6.10 Å². The van der Waals surface area contributed by atoms with Crippen LogP contribution in [0, 0.1) is 6.92 Å². The van der Waals surface area contributed by atoms with Gasteiger partial charge in [0.1, 0.15) is 12.1 Å². The summed E-state index contributed by atoms with van der Waals surface area (Å²) in [5.74, 6) is 1.40. The number of nitrogens with one attached hydrogen (secondary N) is 1. The summed E-state index contributed by atoms with van der Waals surface area (Å²) in [6, 6.07) is 11.6. The summed E-state index contributed by atoms with van der Waals surface area (Å²) < 4.78 is 1.65. The minimum Gasteiger partial charge on any atom is -0.388 e. The summed E-state index contributed by atoms with van der Waals surface area (Å²) in [6.45, 7) is 2.55. The quantitative estimate of drug-likeness (QED) is 0.748. The zero-order valence-corrected chi connectivity index (χ0v) is 11.8. The van der Waals surface area contributed by atoms with Crippen molar-refractivity contribution in [2.24, 2.45) is 0 Å². The Labute approximate surface area is 122 Å². The van der Waals surface area contributed by atoms with Crippen LogP contribution in [0.15, 0.2) is 42.7 Å². The predicted molar refractivity (Wildman–Crippen MR) is 80.0 cm³/mol. The molecule has 0 saturated heterocycles. The summed E-state index contributed by atoms with van der Waals surface area (Å²) in [5.41, 5.74) is 1.80. The van der Waals surface area contributed by atoms with Crippen molar-refractivity contribution in [1.82, 2.24) is 19.6 Å². The van der Waals surface area contributed by atoms with Crippen LogP contribution in [-0.4, -0.2) is 31.2 Å². The van der Waals surface area contributed by atoms with Crippen molar-refractivity contribution in [1.29, 1.82) is 0 Å². The third kappa shape index (κ3) is 3.00. The van der Waals surface area contributed by atoms with Crippen LogP contribution in [0.5, 0.6) is 0 Å². The van der Waals surface area contributed by atoms with Crippen molar-refractivity contribution in [3.63, 3.8) is 0 Å². The van der Waals surface area contributed by atoms with Gasteiger partial charge >= 0.3 is 0 Å². The Morgan fingerprint density at radius 2 is 2.10 bits per heavy atom. The van der Waals surface area contributed by atoms with E-state index in [9.17, 15) is 5.11 Å². The molecule has 3 aromatic rings. The molecule has 1 atom stereocenters. The first-order valence-corrected chi connectivity index (χ1v) is 6.88. The van der Waals surface area contributed by atoms with Gasteiger partial charge in [0.25, 0.3) is 5.78 Å². The number of aliphatic hydroxyl groups excluding tert-OH is 1. The molecule has 6 nitrogen and oxygen atoms in total. The number of aromatic nitrogens is 4. The van der Waals surface area contributed by atoms with Crippen LogP contribution in [0.2, 0.25) is 0 Å². The monoisotopic (exact) mass is 283 g/mol. The number of hydrogen-bond donors (Lipinski definition) is 2. The SMILES string of the molecule is Cc1cc(NCCC(O)c2ccccc2)n2ncnc2n1. The number of nitrogens with zero attached hydrogens (tertiary/aromatic N) is 4. The highest BCUT2D eigenvalue weighted by Crippen LogP contribution is 2.16. The maximum Gasteiger partial charge on any atom is 0.254 e. The minimum absolute atomic E-state index is 0.479. The standard InChI is InChI=1S/C15H17N5O/c1-11-9-14(20-15(19-11)17-10-18-20)16-8-7-13(21)12-5-3-2-4-6-12/h2-6,9-10,13,16,21H,7-8H2,1H3. The van der Waals surface area contributed by atoms with Crippen molar-refractivity contribution in [3.8, 4) is 0 Å². The lowest BCUT2D eigenvalue weighted by molar-refractivity contribution is 0.171. The molecule has 21 heavy (non-hydrogen) atoms. The molecule has 0 aliphatic heterocycles. The Hall–Kier alpha value is -2.47. The third-order valence-electron chi connectivity index (χ3n) is 3.29. The highest BCUT2D eigenvalue weighted by Gasteiger charge is 2.08. The van der Waals surface area contributed by atoms with Crippen LogP contribution in [0.4, 0.5) is 5.82 Å². The number of hydrogen-bond acceptors (Lipinski definition) is 5. The molecule has 0 aliphatic rings. The zero-order valence-electron chi connectivity index (χ0n) is 11.8. The summed E-state index contributed by atoms with van der Waals surface area (Å²) in [4.78, 5) is 8.37. The lowest BCUT2D eigenvalue weighted by atomic mass is 10.1. The molecule has 2 aromatic heterocycles. The number of benzene rings is 1. The zero-order chi connectivity index (χ0) is 14.7. The predicted octanol–water partition coefficient (Wildman–Crippen LogP) is 1.97. The molecule has 0 saturated carbocycles. The number of aryl methyl sites for hydroxylation is 1. The molecular weight excluding hydrogens is 266 g/mol. The molecule has 0 aliphatic carbocycles. The van der Waals surface area contributed by atoms with Crippen molar-refractivity contribution in [3.05, 3.63) is 54.0 Å². The van der Waals surface area contributed by atoms with Gasteiger partial charge in [0.15, 0.2) is 0 Å². The summed E-state index contributed by atoms with van der Waals surface area (Å²) in [7, 11) is 0. The Bertz CT molecular complexity index is 725. The summed E-state index contributed by atoms with van der Waals surface area (Å²) in [6.07, 6.45) is 1.61. The second kappa shape index (κ2) is 5.88. The average molecular weight is 283 g/mol. The van der Waals surface area contributed by atoms with Gasteiger partial charge in [-0.05, 0) is 18.9 Å². The molecule has 0 amide bonds. The number of aliphatic hydroxyl groups is 1. The first-order chi connectivity index (χ1) is 10.2. The lowest BCUT2D eigenvalue weighted by Gasteiger charge is -2.13. The molecule has 0 fully saturated rings. The van der Waals surface area contributed by atoms with E-state index in [0.717, 1.165) is 17.1 Å². The Kier molecular flexibility index (Phi) is 3.79. The van der Waals surface area contributed by atoms with E-state index < -0.39 is 6.10 Å². The van der Waals surface area contributed by atoms with Gasteiger partial charge in [0, 0.05) is 18.3 Å². The van der Waals surface area contributed by atoms with Crippen LogP contribution in [-0.2, 0) is 0 Å². The molecule has 108 valence electrons. The van der Waals surface area contributed by atoms with Crippen LogP contribution in [0.25, 0.3) is 5.78 Å². The fraction of sp³-hybridized carbons (Fsp3) is 0.267. The van der Waals surface area contributed by atoms with Gasteiger partial charge in [-0.15, -0.1) is 0 Å². The van der Waals surface area contributed by atoms with Crippen LogP contribution in [0.3, 0.4) is 0 Å². The highest BCUT2D eigenvalue weighted by molar-refractivity contribution is 5.44. The average Bonchev–Trinajstić information content (AvgIpc) is 2.96. The molecule has 1 unspecified atom stereocenters. The number of anilines is 1. The molecule has 0 spiro atoms. The molecule has 2 N–H and O–H groups in total. The highest BCUT2D eigenvalue weighted by atomic mass is 16.3. The van der Waals surface area contributed by atoms with Gasteiger partial charge in [-0.3, -0.25) is 0 Å². The maximum atomic E-state index is 10.1. The van der Waals surface area contributed by atoms with Crippen LogP contribution < -0.4 is 5.32 Å². The van der Waals surface area contributed by atoms with E-state index in [2.05, 4.69) is 20.4 Å².